The second-order valence-electron chi connectivity index (χ2n) is 4.82. The van der Waals surface area contributed by atoms with Crippen molar-refractivity contribution in [2.45, 2.75) is 24.7 Å². The highest BCUT2D eigenvalue weighted by molar-refractivity contribution is 7.99. The van der Waals surface area contributed by atoms with E-state index in [0.717, 1.165) is 26.3 Å². The summed E-state index contributed by atoms with van der Waals surface area (Å²) in [5.74, 6) is 1.23. The van der Waals surface area contributed by atoms with Gasteiger partial charge in [-0.15, -0.1) is 24.2 Å². The molecular formula is C15H24ClNOS. The molecule has 1 aliphatic rings. The fourth-order valence-electron chi connectivity index (χ4n) is 2.09. The molecule has 1 aromatic carbocycles. The molecule has 1 saturated heterocycles. The lowest BCUT2D eigenvalue weighted by molar-refractivity contribution is 0.0374. The number of halogens is 1. The highest BCUT2D eigenvalue weighted by Gasteiger charge is 2.08. The van der Waals surface area contributed by atoms with Crippen LogP contribution in [0.3, 0.4) is 0 Å². The van der Waals surface area contributed by atoms with E-state index in [9.17, 15) is 0 Å². The Labute approximate surface area is 127 Å². The summed E-state index contributed by atoms with van der Waals surface area (Å²) in [6.07, 6.45) is 2.61. The SMILES string of the molecule is Cc1ccc(SCCCCN2CCOCC2)cc1.Cl. The summed E-state index contributed by atoms with van der Waals surface area (Å²) in [4.78, 5) is 3.91. The second kappa shape index (κ2) is 9.65. The summed E-state index contributed by atoms with van der Waals surface area (Å²) >= 11 is 1.97. The van der Waals surface area contributed by atoms with Gasteiger partial charge in [-0.1, -0.05) is 17.7 Å². The number of unbranched alkanes of at least 4 members (excludes halogenated alkanes) is 1. The lowest BCUT2D eigenvalue weighted by atomic mass is 10.2. The van der Waals surface area contributed by atoms with E-state index < -0.39 is 0 Å². The van der Waals surface area contributed by atoms with Gasteiger partial charge in [-0.25, -0.2) is 0 Å². The maximum Gasteiger partial charge on any atom is 0.0594 e. The quantitative estimate of drug-likeness (QED) is 0.588. The van der Waals surface area contributed by atoms with Crippen LogP contribution in [0.15, 0.2) is 29.2 Å². The Kier molecular flexibility index (Phi) is 8.55. The van der Waals surface area contributed by atoms with Crippen molar-refractivity contribution in [2.24, 2.45) is 0 Å². The first-order valence-electron chi connectivity index (χ1n) is 6.84. The van der Waals surface area contributed by atoms with Gasteiger partial charge in [0, 0.05) is 18.0 Å². The average molecular weight is 302 g/mol. The minimum Gasteiger partial charge on any atom is -0.379 e. The summed E-state index contributed by atoms with van der Waals surface area (Å²) in [7, 11) is 0. The number of benzene rings is 1. The number of rotatable bonds is 6. The molecule has 1 heterocycles. The highest BCUT2D eigenvalue weighted by Crippen LogP contribution is 2.19. The van der Waals surface area contributed by atoms with Crippen molar-refractivity contribution in [1.29, 1.82) is 0 Å². The molecule has 0 amide bonds. The molecule has 0 bridgehead atoms. The topological polar surface area (TPSA) is 12.5 Å². The summed E-state index contributed by atoms with van der Waals surface area (Å²) in [5.41, 5.74) is 1.34. The molecule has 2 nitrogen and oxygen atoms in total. The summed E-state index contributed by atoms with van der Waals surface area (Å²) < 4.78 is 5.35. The third-order valence-corrected chi connectivity index (χ3v) is 4.36. The molecule has 0 spiro atoms. The van der Waals surface area contributed by atoms with Crippen molar-refractivity contribution < 1.29 is 4.74 Å². The number of thioether (sulfide) groups is 1. The van der Waals surface area contributed by atoms with Gasteiger partial charge in [-0.05, 0) is 44.2 Å². The lowest BCUT2D eigenvalue weighted by Crippen LogP contribution is -2.36. The second-order valence-corrected chi connectivity index (χ2v) is 5.99. The lowest BCUT2D eigenvalue weighted by Gasteiger charge is -2.26. The highest BCUT2D eigenvalue weighted by atomic mass is 35.5. The molecule has 0 aliphatic carbocycles. The minimum absolute atomic E-state index is 0. The van der Waals surface area contributed by atoms with Crippen molar-refractivity contribution in [3.63, 3.8) is 0 Å². The van der Waals surface area contributed by atoms with Gasteiger partial charge in [0.1, 0.15) is 0 Å². The zero-order chi connectivity index (χ0) is 12.6. The van der Waals surface area contributed by atoms with E-state index in [4.69, 9.17) is 4.74 Å². The summed E-state index contributed by atoms with van der Waals surface area (Å²) in [5, 5.41) is 0. The van der Waals surface area contributed by atoms with Gasteiger partial charge in [-0.2, -0.15) is 0 Å². The molecule has 0 N–H and O–H groups in total. The molecule has 4 heteroatoms. The third-order valence-electron chi connectivity index (χ3n) is 3.26. The Morgan fingerprint density at radius 2 is 1.79 bits per heavy atom. The van der Waals surface area contributed by atoms with E-state index in [1.165, 1.54) is 35.6 Å². The molecular weight excluding hydrogens is 278 g/mol. The number of aryl methyl sites for hydroxylation is 1. The monoisotopic (exact) mass is 301 g/mol. The summed E-state index contributed by atoms with van der Waals surface area (Å²) in [6.45, 7) is 7.43. The van der Waals surface area contributed by atoms with Gasteiger partial charge in [0.2, 0.25) is 0 Å². The van der Waals surface area contributed by atoms with Crippen LogP contribution in [0.5, 0.6) is 0 Å². The van der Waals surface area contributed by atoms with Crippen LogP contribution in [0.4, 0.5) is 0 Å². The Hall–Kier alpha value is -0.220. The number of nitrogens with zero attached hydrogens (tertiary/aromatic N) is 1. The van der Waals surface area contributed by atoms with Crippen LogP contribution < -0.4 is 0 Å². The molecule has 1 aliphatic heterocycles. The first-order chi connectivity index (χ1) is 8.84. The van der Waals surface area contributed by atoms with E-state index in [1.54, 1.807) is 0 Å². The molecule has 2 rings (SSSR count). The molecule has 0 radical (unpaired) electrons. The fourth-order valence-corrected chi connectivity index (χ4v) is 3.00. The number of morpholine rings is 1. The molecule has 0 unspecified atom stereocenters. The van der Waals surface area contributed by atoms with Crippen LogP contribution in [0, 0.1) is 6.92 Å². The van der Waals surface area contributed by atoms with E-state index >= 15 is 0 Å². The standard InChI is InChI=1S/C15H23NOS.ClH/c1-14-4-6-15(7-5-14)18-13-3-2-8-16-9-11-17-12-10-16;/h4-7H,2-3,8-13H2,1H3;1H. The van der Waals surface area contributed by atoms with Crippen LogP contribution >= 0.6 is 24.2 Å². The fraction of sp³-hybridized carbons (Fsp3) is 0.600. The maximum absolute atomic E-state index is 5.35. The third kappa shape index (κ3) is 6.66. The van der Waals surface area contributed by atoms with Gasteiger partial charge in [0.05, 0.1) is 13.2 Å². The van der Waals surface area contributed by atoms with E-state index in [2.05, 4.69) is 36.1 Å². The van der Waals surface area contributed by atoms with Crippen molar-refractivity contribution in [3.05, 3.63) is 29.8 Å². The Morgan fingerprint density at radius 3 is 2.47 bits per heavy atom. The molecule has 19 heavy (non-hydrogen) atoms. The normalized spacial score (nSPS) is 16.1. The molecule has 1 aromatic rings. The maximum atomic E-state index is 5.35. The van der Waals surface area contributed by atoms with Crippen LogP contribution in [0.2, 0.25) is 0 Å². The molecule has 1 fully saturated rings. The first-order valence-corrected chi connectivity index (χ1v) is 7.83. The van der Waals surface area contributed by atoms with Crippen molar-refractivity contribution in [3.8, 4) is 0 Å². The number of ether oxygens (including phenoxy) is 1. The molecule has 0 saturated carbocycles. The van der Waals surface area contributed by atoms with Gasteiger partial charge >= 0.3 is 0 Å². The van der Waals surface area contributed by atoms with Crippen molar-refractivity contribution in [2.75, 3.05) is 38.6 Å². The molecule has 0 aromatic heterocycles. The van der Waals surface area contributed by atoms with Crippen LogP contribution in [-0.4, -0.2) is 43.5 Å². The molecule has 0 atom stereocenters. The first kappa shape index (κ1) is 16.8. The van der Waals surface area contributed by atoms with Crippen LogP contribution in [0.25, 0.3) is 0 Å². The predicted octanol–water partition coefficient (Wildman–Crippen LogP) is 3.62. The summed E-state index contributed by atoms with van der Waals surface area (Å²) in [6, 6.07) is 8.83. The van der Waals surface area contributed by atoms with Gasteiger partial charge in [-0.3, -0.25) is 4.90 Å². The predicted molar refractivity (Wildman–Crippen MR) is 85.6 cm³/mol. The van der Waals surface area contributed by atoms with Crippen molar-refractivity contribution in [1.82, 2.24) is 4.90 Å². The Bertz CT molecular complexity index is 339. The zero-order valence-electron chi connectivity index (χ0n) is 11.6. The Balaban J connectivity index is 0.00000180. The van der Waals surface area contributed by atoms with E-state index in [-0.39, 0.29) is 12.4 Å². The smallest absolute Gasteiger partial charge is 0.0594 e. The van der Waals surface area contributed by atoms with Gasteiger partial charge in [0.15, 0.2) is 0 Å². The zero-order valence-corrected chi connectivity index (χ0v) is 13.3. The van der Waals surface area contributed by atoms with Gasteiger partial charge in [0.25, 0.3) is 0 Å². The Morgan fingerprint density at radius 1 is 1.11 bits per heavy atom. The van der Waals surface area contributed by atoms with E-state index in [1.807, 2.05) is 11.8 Å². The molecule has 108 valence electrons. The average Bonchev–Trinajstić information content (AvgIpc) is 2.42. The minimum atomic E-state index is 0. The van der Waals surface area contributed by atoms with Crippen LogP contribution in [0.1, 0.15) is 18.4 Å². The van der Waals surface area contributed by atoms with Gasteiger partial charge < -0.3 is 4.74 Å². The largest absolute Gasteiger partial charge is 0.379 e. The van der Waals surface area contributed by atoms with Crippen LogP contribution in [-0.2, 0) is 4.74 Å². The number of hydrogen-bond donors (Lipinski definition) is 0. The van der Waals surface area contributed by atoms with E-state index in [0.29, 0.717) is 0 Å². The number of hydrogen-bond acceptors (Lipinski definition) is 3. The van der Waals surface area contributed by atoms with Crippen molar-refractivity contribution >= 4 is 24.2 Å².